The van der Waals surface area contributed by atoms with Gasteiger partial charge in [-0.1, -0.05) is 18.9 Å². The molecule has 1 unspecified atom stereocenters. The smallest absolute Gasteiger partial charge is 0.330 e. The number of carbonyl (C=O) groups is 2. The monoisotopic (exact) mass is 319 g/mol. The topological polar surface area (TPSA) is 84.9 Å². The van der Waals surface area contributed by atoms with Gasteiger partial charge in [-0.3, -0.25) is 4.79 Å². The first-order valence-electron chi connectivity index (χ1n) is 8.03. The van der Waals surface area contributed by atoms with Crippen molar-refractivity contribution in [2.45, 2.75) is 44.2 Å². The number of fused-ring (bicyclic) bond motifs is 1. The summed E-state index contributed by atoms with van der Waals surface area (Å²) in [5.74, 6) is -0.701. The van der Waals surface area contributed by atoms with Gasteiger partial charge in [0.15, 0.2) is 6.04 Å². The quantitative estimate of drug-likeness (QED) is 0.835. The van der Waals surface area contributed by atoms with Crippen LogP contribution in [-0.2, 0) is 20.7 Å². The van der Waals surface area contributed by atoms with Gasteiger partial charge in [0.2, 0.25) is 5.91 Å². The van der Waals surface area contributed by atoms with Crippen molar-refractivity contribution in [3.05, 3.63) is 29.3 Å². The first-order valence-corrected chi connectivity index (χ1v) is 8.03. The van der Waals surface area contributed by atoms with E-state index in [-0.39, 0.29) is 12.7 Å². The highest BCUT2D eigenvalue weighted by Crippen LogP contribution is 2.28. The molecule has 0 saturated heterocycles. The summed E-state index contributed by atoms with van der Waals surface area (Å²) >= 11 is 0. The molecule has 0 radical (unpaired) electrons. The Bertz CT molecular complexity index is 595. The van der Waals surface area contributed by atoms with Gasteiger partial charge >= 0.3 is 5.97 Å². The van der Waals surface area contributed by atoms with Crippen LogP contribution in [0.1, 0.15) is 42.9 Å². The Hall–Kier alpha value is -2.08. The van der Waals surface area contributed by atoms with Crippen LogP contribution < -0.4 is 10.1 Å². The number of benzene rings is 1. The maximum Gasteiger partial charge on any atom is 0.330 e. The average Bonchev–Trinajstić information content (AvgIpc) is 3.20. The Morgan fingerprint density at radius 1 is 1.35 bits per heavy atom. The van der Waals surface area contributed by atoms with Crippen molar-refractivity contribution in [1.82, 2.24) is 5.32 Å². The molecule has 1 amide bonds. The molecule has 1 fully saturated rings. The van der Waals surface area contributed by atoms with Crippen LogP contribution in [0.15, 0.2) is 18.2 Å². The molecule has 1 aliphatic heterocycles. The molecular formula is C17H21NO5. The third-order valence-electron chi connectivity index (χ3n) is 4.35. The van der Waals surface area contributed by atoms with Gasteiger partial charge in [-0.15, -0.1) is 0 Å². The SMILES string of the molecule is O=C(COC1CCCC1)NC(C(=O)O)c1ccc2c(c1)CCO2. The number of hydrogen-bond acceptors (Lipinski definition) is 4. The molecule has 1 aromatic carbocycles. The Labute approximate surface area is 134 Å². The van der Waals surface area contributed by atoms with Crippen molar-refractivity contribution in [3.8, 4) is 5.75 Å². The molecule has 0 bridgehead atoms. The highest BCUT2D eigenvalue weighted by Gasteiger charge is 2.25. The lowest BCUT2D eigenvalue weighted by Crippen LogP contribution is -2.36. The minimum Gasteiger partial charge on any atom is -0.493 e. The highest BCUT2D eigenvalue weighted by molar-refractivity contribution is 5.85. The standard InChI is InChI=1S/C17H21NO5/c19-15(10-23-13-3-1-2-4-13)18-16(17(20)21)12-5-6-14-11(9-12)7-8-22-14/h5-6,9,13,16H,1-4,7-8,10H2,(H,18,19)(H,20,21). The summed E-state index contributed by atoms with van der Waals surface area (Å²) < 4.78 is 10.9. The Balaban J connectivity index is 1.62. The van der Waals surface area contributed by atoms with Gasteiger partial charge in [0, 0.05) is 6.42 Å². The van der Waals surface area contributed by atoms with Gasteiger partial charge in [0.1, 0.15) is 12.4 Å². The Morgan fingerprint density at radius 3 is 2.87 bits per heavy atom. The van der Waals surface area contributed by atoms with E-state index in [1.165, 1.54) is 0 Å². The van der Waals surface area contributed by atoms with Crippen molar-refractivity contribution >= 4 is 11.9 Å². The molecule has 1 atom stereocenters. The van der Waals surface area contributed by atoms with Gasteiger partial charge in [0.25, 0.3) is 0 Å². The zero-order valence-electron chi connectivity index (χ0n) is 12.9. The maximum absolute atomic E-state index is 12.0. The number of aliphatic carboxylic acids is 1. The number of carbonyl (C=O) groups excluding carboxylic acids is 1. The Kier molecular flexibility index (Phi) is 4.81. The fourth-order valence-electron chi connectivity index (χ4n) is 3.12. The van der Waals surface area contributed by atoms with E-state index in [1.54, 1.807) is 18.2 Å². The zero-order chi connectivity index (χ0) is 16.2. The normalized spacial score (nSPS) is 18.3. The first-order chi connectivity index (χ1) is 11.1. The summed E-state index contributed by atoms with van der Waals surface area (Å²) in [6.45, 7) is 0.514. The molecule has 3 rings (SSSR count). The van der Waals surface area contributed by atoms with E-state index in [9.17, 15) is 14.7 Å². The molecule has 2 N–H and O–H groups in total. The summed E-state index contributed by atoms with van der Waals surface area (Å²) in [5, 5.41) is 12.0. The van der Waals surface area contributed by atoms with Crippen LogP contribution in [0.25, 0.3) is 0 Å². The number of hydrogen-bond donors (Lipinski definition) is 2. The third-order valence-corrected chi connectivity index (χ3v) is 4.35. The Morgan fingerprint density at radius 2 is 2.13 bits per heavy atom. The van der Waals surface area contributed by atoms with Crippen LogP contribution in [0.2, 0.25) is 0 Å². The summed E-state index contributed by atoms with van der Waals surface area (Å²) in [5.41, 5.74) is 1.53. The number of nitrogens with one attached hydrogen (secondary N) is 1. The molecule has 6 nitrogen and oxygen atoms in total. The molecule has 1 aromatic rings. The number of rotatable bonds is 6. The summed E-state index contributed by atoms with van der Waals surface area (Å²) in [6.07, 6.45) is 5.08. The third kappa shape index (κ3) is 3.82. The van der Waals surface area contributed by atoms with E-state index >= 15 is 0 Å². The van der Waals surface area contributed by atoms with Gasteiger partial charge in [-0.2, -0.15) is 0 Å². The number of carboxylic acid groups (broad SMARTS) is 1. The van der Waals surface area contributed by atoms with Crippen LogP contribution in [0.4, 0.5) is 0 Å². The van der Waals surface area contributed by atoms with Gasteiger partial charge < -0.3 is 19.9 Å². The van der Waals surface area contributed by atoms with Crippen LogP contribution in [0.3, 0.4) is 0 Å². The largest absolute Gasteiger partial charge is 0.493 e. The number of carboxylic acids is 1. The van der Waals surface area contributed by atoms with Gasteiger partial charge in [-0.05, 0) is 36.1 Å². The van der Waals surface area contributed by atoms with E-state index in [0.717, 1.165) is 43.4 Å². The van der Waals surface area contributed by atoms with Crippen molar-refractivity contribution < 1.29 is 24.2 Å². The second-order valence-corrected chi connectivity index (χ2v) is 6.02. The van der Waals surface area contributed by atoms with Crippen LogP contribution in [0.5, 0.6) is 5.75 Å². The van der Waals surface area contributed by atoms with Crippen LogP contribution >= 0.6 is 0 Å². The first kappa shape index (κ1) is 15.8. The van der Waals surface area contributed by atoms with Gasteiger partial charge in [-0.25, -0.2) is 4.79 Å². The van der Waals surface area contributed by atoms with Crippen LogP contribution in [0, 0.1) is 0 Å². The molecule has 2 aliphatic rings. The van der Waals surface area contributed by atoms with E-state index in [4.69, 9.17) is 9.47 Å². The average molecular weight is 319 g/mol. The summed E-state index contributed by atoms with van der Waals surface area (Å²) in [7, 11) is 0. The highest BCUT2D eigenvalue weighted by atomic mass is 16.5. The van der Waals surface area contributed by atoms with Gasteiger partial charge in [0.05, 0.1) is 12.7 Å². The fraction of sp³-hybridized carbons (Fsp3) is 0.529. The van der Waals surface area contributed by atoms with E-state index < -0.39 is 17.9 Å². The second-order valence-electron chi connectivity index (χ2n) is 6.02. The molecular weight excluding hydrogens is 298 g/mol. The molecule has 1 heterocycles. The molecule has 124 valence electrons. The molecule has 0 spiro atoms. The van der Waals surface area contributed by atoms with E-state index in [2.05, 4.69) is 5.32 Å². The lowest BCUT2D eigenvalue weighted by molar-refractivity contribution is -0.143. The van der Waals surface area contributed by atoms with E-state index in [0.29, 0.717) is 12.2 Å². The minimum absolute atomic E-state index is 0.0947. The maximum atomic E-state index is 12.0. The minimum atomic E-state index is -1.09. The number of amides is 1. The van der Waals surface area contributed by atoms with E-state index in [1.807, 2.05) is 0 Å². The van der Waals surface area contributed by atoms with Crippen molar-refractivity contribution in [1.29, 1.82) is 0 Å². The lowest BCUT2D eigenvalue weighted by Gasteiger charge is -2.17. The van der Waals surface area contributed by atoms with Crippen molar-refractivity contribution in [2.75, 3.05) is 13.2 Å². The molecule has 0 aromatic heterocycles. The lowest BCUT2D eigenvalue weighted by atomic mass is 10.0. The summed E-state index contributed by atoms with van der Waals surface area (Å²) in [6, 6.07) is 4.16. The molecule has 1 aliphatic carbocycles. The van der Waals surface area contributed by atoms with Crippen molar-refractivity contribution in [2.24, 2.45) is 0 Å². The van der Waals surface area contributed by atoms with Crippen LogP contribution in [-0.4, -0.2) is 36.3 Å². The zero-order valence-corrected chi connectivity index (χ0v) is 12.9. The predicted molar refractivity (Wildman–Crippen MR) is 82.4 cm³/mol. The molecule has 1 saturated carbocycles. The molecule has 6 heteroatoms. The van der Waals surface area contributed by atoms with Crippen molar-refractivity contribution in [3.63, 3.8) is 0 Å². The fourth-order valence-corrected chi connectivity index (χ4v) is 3.12. The second kappa shape index (κ2) is 7.00. The molecule has 23 heavy (non-hydrogen) atoms. The summed E-state index contributed by atoms with van der Waals surface area (Å²) in [4.78, 5) is 23.5. The predicted octanol–water partition coefficient (Wildman–Crippen LogP) is 1.82. The number of ether oxygens (including phenoxy) is 2.